The molecule has 2 N–H and O–H groups in total. The average Bonchev–Trinajstić information content (AvgIpc) is 2.84. The van der Waals surface area contributed by atoms with Gasteiger partial charge in [0, 0.05) is 10.6 Å². The highest BCUT2D eigenvalue weighted by Crippen LogP contribution is 2.36. The van der Waals surface area contributed by atoms with Crippen LogP contribution in [0.5, 0.6) is 5.75 Å². The molecule has 3 aromatic carbocycles. The van der Waals surface area contributed by atoms with Crippen molar-refractivity contribution in [1.82, 2.24) is 14.5 Å². The number of pyridine rings is 1. The Kier molecular flexibility index (Phi) is 5.73. The van der Waals surface area contributed by atoms with Crippen LogP contribution in [0.4, 0.5) is 10.2 Å². The summed E-state index contributed by atoms with van der Waals surface area (Å²) in [6, 6.07) is 22.9. The van der Waals surface area contributed by atoms with Crippen LogP contribution >= 0.6 is 23.8 Å². The van der Waals surface area contributed by atoms with E-state index in [1.807, 2.05) is 54.6 Å². The van der Waals surface area contributed by atoms with Gasteiger partial charge in [-0.2, -0.15) is 4.98 Å². The van der Waals surface area contributed by atoms with Crippen LogP contribution in [0.15, 0.2) is 78.9 Å². The second-order valence-corrected chi connectivity index (χ2v) is 8.38. The third kappa shape index (κ3) is 4.00. The van der Waals surface area contributed by atoms with E-state index in [9.17, 15) is 4.39 Å². The molecule has 0 aliphatic rings. The van der Waals surface area contributed by atoms with E-state index in [1.165, 1.54) is 12.1 Å². The van der Waals surface area contributed by atoms with E-state index in [-0.39, 0.29) is 10.6 Å². The molecule has 0 saturated carbocycles. The molecule has 0 unspecified atom stereocenters. The van der Waals surface area contributed by atoms with Crippen LogP contribution in [0.3, 0.4) is 0 Å². The molecule has 0 radical (unpaired) electrons. The van der Waals surface area contributed by atoms with E-state index in [1.54, 1.807) is 23.8 Å². The van der Waals surface area contributed by atoms with Gasteiger partial charge in [-0.15, -0.1) is 0 Å². The Labute approximate surface area is 205 Å². The summed E-state index contributed by atoms with van der Waals surface area (Å²) in [6.45, 7) is 0. The van der Waals surface area contributed by atoms with Crippen molar-refractivity contribution >= 4 is 40.7 Å². The Balaban J connectivity index is 1.82. The molecule has 5 aromatic rings. The molecule has 0 bridgehead atoms. The van der Waals surface area contributed by atoms with Gasteiger partial charge < -0.3 is 10.5 Å². The minimum Gasteiger partial charge on any atom is -0.497 e. The number of methoxy groups -OCH3 is 1. The van der Waals surface area contributed by atoms with E-state index in [2.05, 4.69) is 4.98 Å². The number of hydrogen-bond acceptors (Lipinski definition) is 5. The van der Waals surface area contributed by atoms with E-state index >= 15 is 0 Å². The molecule has 5 nitrogen and oxygen atoms in total. The summed E-state index contributed by atoms with van der Waals surface area (Å²) in [5.41, 5.74) is 10.9. The maximum atomic E-state index is 13.5. The number of hydrogen-bond donors (Lipinski definition) is 1. The van der Waals surface area contributed by atoms with Crippen LogP contribution in [0.25, 0.3) is 39.1 Å². The lowest BCUT2D eigenvalue weighted by Gasteiger charge is -2.17. The molecule has 168 valence electrons. The Hall–Kier alpha value is -3.81. The zero-order chi connectivity index (χ0) is 23.8. The first kappa shape index (κ1) is 22.0. The summed E-state index contributed by atoms with van der Waals surface area (Å²) in [7, 11) is 1.61. The zero-order valence-corrected chi connectivity index (χ0v) is 19.6. The first-order valence-corrected chi connectivity index (χ1v) is 11.1. The molecule has 2 heterocycles. The largest absolute Gasteiger partial charge is 0.497 e. The maximum Gasteiger partial charge on any atom is 0.207 e. The van der Waals surface area contributed by atoms with E-state index in [4.69, 9.17) is 39.3 Å². The van der Waals surface area contributed by atoms with E-state index in [0.29, 0.717) is 27.6 Å². The SMILES string of the molecule is COc1ccc(-n2c(N)c3c(-c4ccc(Cl)cc4)cc(-c4ccc(F)cc4)nc3nc2=S)cc1. The van der Waals surface area contributed by atoms with Gasteiger partial charge in [0.25, 0.3) is 0 Å². The summed E-state index contributed by atoms with van der Waals surface area (Å²) in [5, 5.41) is 1.27. The minimum absolute atomic E-state index is 0.265. The second-order valence-electron chi connectivity index (χ2n) is 7.58. The van der Waals surface area contributed by atoms with Crippen molar-refractivity contribution in [1.29, 1.82) is 0 Å². The van der Waals surface area contributed by atoms with Crippen molar-refractivity contribution in [3.05, 3.63) is 94.5 Å². The van der Waals surface area contributed by atoms with E-state index in [0.717, 1.165) is 28.1 Å². The number of nitrogen functional groups attached to an aromatic ring is 1. The number of ether oxygens (including phenoxy) is 1. The normalized spacial score (nSPS) is 11.0. The molecule has 0 spiro atoms. The molecule has 0 fully saturated rings. The first-order chi connectivity index (χ1) is 16.4. The number of rotatable bonds is 4. The van der Waals surface area contributed by atoms with Crippen LogP contribution in [0, 0.1) is 10.6 Å². The summed E-state index contributed by atoms with van der Waals surface area (Å²) >= 11 is 11.7. The summed E-state index contributed by atoms with van der Waals surface area (Å²) in [4.78, 5) is 9.34. The fourth-order valence-corrected chi connectivity index (χ4v) is 4.24. The Morgan fingerprint density at radius 2 is 1.56 bits per heavy atom. The number of halogens is 2. The molecular formula is C26H18ClFN4OS. The number of fused-ring (bicyclic) bond motifs is 1. The third-order valence-corrected chi connectivity index (χ3v) is 6.04. The predicted molar refractivity (Wildman–Crippen MR) is 137 cm³/mol. The lowest BCUT2D eigenvalue weighted by molar-refractivity contribution is 0.414. The fourth-order valence-electron chi connectivity index (χ4n) is 3.83. The van der Waals surface area contributed by atoms with Gasteiger partial charge in [0.1, 0.15) is 17.4 Å². The van der Waals surface area contributed by atoms with Crippen LogP contribution < -0.4 is 10.5 Å². The monoisotopic (exact) mass is 488 g/mol. The molecule has 0 amide bonds. The maximum absolute atomic E-state index is 13.5. The molecule has 0 saturated heterocycles. The van der Waals surface area contributed by atoms with Gasteiger partial charge in [-0.25, -0.2) is 9.37 Å². The lowest BCUT2D eigenvalue weighted by Crippen LogP contribution is -2.09. The zero-order valence-electron chi connectivity index (χ0n) is 18.0. The van der Waals surface area contributed by atoms with Gasteiger partial charge in [0.05, 0.1) is 23.9 Å². The number of nitrogens with zero attached hydrogens (tertiary/aromatic N) is 3. The van der Waals surface area contributed by atoms with Crippen LogP contribution in [0.1, 0.15) is 0 Å². The van der Waals surface area contributed by atoms with Gasteiger partial charge in [-0.3, -0.25) is 4.57 Å². The molecule has 2 aromatic heterocycles. The molecule has 0 aliphatic carbocycles. The van der Waals surface area contributed by atoms with E-state index < -0.39 is 0 Å². The molecule has 8 heteroatoms. The van der Waals surface area contributed by atoms with Gasteiger partial charge in [-0.05, 0) is 90.1 Å². The summed E-state index contributed by atoms with van der Waals surface area (Å²) in [6.07, 6.45) is 0. The molecule has 0 atom stereocenters. The third-order valence-electron chi connectivity index (χ3n) is 5.52. The minimum atomic E-state index is -0.321. The number of aromatic nitrogens is 3. The van der Waals surface area contributed by atoms with Crippen molar-refractivity contribution in [3.63, 3.8) is 0 Å². The highest BCUT2D eigenvalue weighted by Gasteiger charge is 2.17. The van der Waals surface area contributed by atoms with Crippen molar-refractivity contribution in [3.8, 4) is 33.8 Å². The standard InChI is InChI=1S/C26H18ClFN4OS/c1-33-20-12-10-19(11-13-20)32-24(29)23-21(15-2-6-17(27)7-3-15)14-22(30-25(23)31-26(32)34)16-4-8-18(28)9-5-16/h2-14H,29H2,1H3. The average molecular weight is 489 g/mol. The number of benzene rings is 3. The Bertz CT molecular complexity index is 1570. The second kappa shape index (κ2) is 8.85. The number of anilines is 1. The quantitative estimate of drug-likeness (QED) is 0.280. The lowest BCUT2D eigenvalue weighted by atomic mass is 9.99. The van der Waals surface area contributed by atoms with Crippen molar-refractivity contribution in [2.24, 2.45) is 0 Å². The highest BCUT2D eigenvalue weighted by atomic mass is 35.5. The van der Waals surface area contributed by atoms with Crippen LogP contribution in [-0.2, 0) is 0 Å². The number of nitrogens with two attached hydrogens (primary N) is 1. The van der Waals surface area contributed by atoms with Crippen molar-refractivity contribution < 1.29 is 9.13 Å². The van der Waals surface area contributed by atoms with Gasteiger partial charge in [-0.1, -0.05) is 23.7 Å². The van der Waals surface area contributed by atoms with Crippen LogP contribution in [0.2, 0.25) is 5.02 Å². The molecular weight excluding hydrogens is 471 g/mol. The first-order valence-electron chi connectivity index (χ1n) is 10.3. The summed E-state index contributed by atoms with van der Waals surface area (Å²) in [5.74, 6) is 0.802. The highest BCUT2D eigenvalue weighted by molar-refractivity contribution is 7.71. The molecule has 5 rings (SSSR count). The fraction of sp³-hybridized carbons (Fsp3) is 0.0385. The molecule has 0 aliphatic heterocycles. The Morgan fingerprint density at radius 1 is 0.912 bits per heavy atom. The van der Waals surface area contributed by atoms with Crippen molar-refractivity contribution in [2.45, 2.75) is 0 Å². The van der Waals surface area contributed by atoms with Crippen molar-refractivity contribution in [2.75, 3.05) is 12.8 Å². The van der Waals surface area contributed by atoms with Gasteiger partial charge in [0.2, 0.25) is 4.77 Å². The predicted octanol–water partition coefficient (Wildman–Crippen LogP) is 6.87. The topological polar surface area (TPSA) is 66.0 Å². The smallest absolute Gasteiger partial charge is 0.207 e. The molecule has 34 heavy (non-hydrogen) atoms. The van der Waals surface area contributed by atoms with Gasteiger partial charge in [0.15, 0.2) is 5.65 Å². The van der Waals surface area contributed by atoms with Crippen LogP contribution in [-0.4, -0.2) is 21.6 Å². The van der Waals surface area contributed by atoms with Gasteiger partial charge >= 0.3 is 0 Å². The Morgan fingerprint density at radius 3 is 2.21 bits per heavy atom. The summed E-state index contributed by atoms with van der Waals surface area (Å²) < 4.78 is 20.7.